The maximum atomic E-state index is 13.3. The summed E-state index contributed by atoms with van der Waals surface area (Å²) in [7, 11) is 1.57. The Bertz CT molecular complexity index is 1190. The third-order valence-corrected chi connectivity index (χ3v) is 6.50. The normalized spacial score (nSPS) is 18.4. The molecule has 170 valence electrons. The van der Waals surface area contributed by atoms with Gasteiger partial charge in [-0.15, -0.1) is 0 Å². The lowest BCUT2D eigenvalue weighted by Crippen LogP contribution is -2.46. The summed E-state index contributed by atoms with van der Waals surface area (Å²) in [6, 6.07) is 13.6. The molecule has 1 unspecified atom stereocenters. The molecule has 1 saturated carbocycles. The minimum Gasteiger partial charge on any atom is -0.539 e. The number of halogens is 1. The number of ether oxygens (including phenoxy) is 1. The van der Waals surface area contributed by atoms with E-state index in [9.17, 15) is 14.7 Å². The molecule has 3 aromatic rings. The molecule has 9 nitrogen and oxygen atoms in total. The van der Waals surface area contributed by atoms with Gasteiger partial charge in [-0.25, -0.2) is 4.90 Å². The van der Waals surface area contributed by atoms with Crippen LogP contribution in [0.2, 0.25) is 0 Å². The van der Waals surface area contributed by atoms with Gasteiger partial charge in [0.25, 0.3) is 11.6 Å². The second-order valence-electron chi connectivity index (χ2n) is 8.08. The SMILES string of the molecule is COc1ccc(-[n+]2noc([O-])c2CN(C2CC2)C2CC(=O)N(c3ccc(Br)cc3)C2=O)cc1. The predicted molar refractivity (Wildman–Crippen MR) is 118 cm³/mol. The molecule has 2 heterocycles. The Labute approximate surface area is 198 Å². The van der Waals surface area contributed by atoms with E-state index in [1.165, 1.54) is 9.58 Å². The highest BCUT2D eigenvalue weighted by molar-refractivity contribution is 9.10. The van der Waals surface area contributed by atoms with Crippen LogP contribution < -0.4 is 19.4 Å². The number of hydrogen-bond acceptors (Lipinski definition) is 7. The van der Waals surface area contributed by atoms with Gasteiger partial charge in [0.15, 0.2) is 5.95 Å². The van der Waals surface area contributed by atoms with Crippen LogP contribution in [0, 0.1) is 0 Å². The molecule has 2 aromatic carbocycles. The van der Waals surface area contributed by atoms with E-state index in [0.717, 1.165) is 17.3 Å². The molecule has 1 atom stereocenters. The predicted octanol–water partition coefficient (Wildman–Crippen LogP) is 2.09. The molecule has 2 aliphatic rings. The molecule has 0 spiro atoms. The molecular formula is C23H21BrN4O5. The molecule has 1 saturated heterocycles. The summed E-state index contributed by atoms with van der Waals surface area (Å²) in [6.45, 7) is 0.150. The van der Waals surface area contributed by atoms with E-state index < -0.39 is 12.0 Å². The van der Waals surface area contributed by atoms with E-state index in [4.69, 9.17) is 9.26 Å². The molecule has 2 amide bonds. The van der Waals surface area contributed by atoms with E-state index in [2.05, 4.69) is 21.2 Å². The third kappa shape index (κ3) is 4.11. The van der Waals surface area contributed by atoms with Gasteiger partial charge in [0, 0.05) is 22.6 Å². The first-order valence-electron chi connectivity index (χ1n) is 10.6. The van der Waals surface area contributed by atoms with Crippen molar-refractivity contribution < 1.29 is 28.6 Å². The minimum atomic E-state index is -0.646. The smallest absolute Gasteiger partial charge is 0.254 e. The van der Waals surface area contributed by atoms with Gasteiger partial charge in [-0.3, -0.25) is 14.5 Å². The monoisotopic (exact) mass is 512 g/mol. The van der Waals surface area contributed by atoms with Crippen LogP contribution in [0.15, 0.2) is 57.5 Å². The number of amides is 2. The van der Waals surface area contributed by atoms with Crippen LogP contribution in [0.3, 0.4) is 0 Å². The van der Waals surface area contributed by atoms with Crippen molar-refractivity contribution in [1.29, 1.82) is 0 Å². The highest BCUT2D eigenvalue weighted by Gasteiger charge is 2.48. The topological polar surface area (TPSA) is 103 Å². The molecule has 2 fully saturated rings. The first kappa shape index (κ1) is 21.6. The van der Waals surface area contributed by atoms with Crippen molar-refractivity contribution in [2.75, 3.05) is 12.0 Å². The van der Waals surface area contributed by atoms with Crippen LogP contribution in [-0.2, 0) is 16.1 Å². The summed E-state index contributed by atoms with van der Waals surface area (Å²) in [5, 5.41) is 16.4. The highest BCUT2D eigenvalue weighted by Crippen LogP contribution is 2.35. The molecule has 0 N–H and O–H groups in total. The van der Waals surface area contributed by atoms with E-state index >= 15 is 0 Å². The molecule has 1 aliphatic heterocycles. The van der Waals surface area contributed by atoms with Crippen molar-refractivity contribution in [3.63, 3.8) is 0 Å². The van der Waals surface area contributed by atoms with Crippen LogP contribution in [0.5, 0.6) is 11.7 Å². The summed E-state index contributed by atoms with van der Waals surface area (Å²) in [4.78, 5) is 29.3. The van der Waals surface area contributed by atoms with E-state index in [-0.39, 0.29) is 30.8 Å². The van der Waals surface area contributed by atoms with E-state index in [1.54, 1.807) is 55.6 Å². The summed E-state index contributed by atoms with van der Waals surface area (Å²) < 4.78 is 12.4. The molecule has 5 rings (SSSR count). The molecule has 0 radical (unpaired) electrons. The largest absolute Gasteiger partial charge is 0.539 e. The Morgan fingerprint density at radius 2 is 1.88 bits per heavy atom. The van der Waals surface area contributed by atoms with Gasteiger partial charge >= 0.3 is 0 Å². The third-order valence-electron chi connectivity index (χ3n) is 5.97. The fourth-order valence-electron chi connectivity index (χ4n) is 4.13. The number of anilines is 1. The number of aromatic nitrogens is 2. The number of carbonyl (C=O) groups excluding carboxylic acids is 2. The zero-order valence-corrected chi connectivity index (χ0v) is 19.4. The Morgan fingerprint density at radius 3 is 2.52 bits per heavy atom. The van der Waals surface area contributed by atoms with E-state index in [1.807, 2.05) is 4.90 Å². The van der Waals surface area contributed by atoms with E-state index in [0.29, 0.717) is 22.8 Å². The maximum absolute atomic E-state index is 13.3. The number of nitrogens with zero attached hydrogens (tertiary/aromatic N) is 4. The average molecular weight is 513 g/mol. The van der Waals surface area contributed by atoms with Crippen molar-refractivity contribution in [1.82, 2.24) is 10.2 Å². The first-order chi connectivity index (χ1) is 16.0. The van der Waals surface area contributed by atoms with Gasteiger partial charge in [0.05, 0.1) is 37.1 Å². The van der Waals surface area contributed by atoms with Gasteiger partial charge in [-0.1, -0.05) is 15.9 Å². The fraction of sp³-hybridized carbons (Fsp3) is 0.304. The van der Waals surface area contributed by atoms with Crippen LogP contribution >= 0.6 is 15.9 Å². The highest BCUT2D eigenvalue weighted by atomic mass is 79.9. The van der Waals surface area contributed by atoms with Gasteiger partial charge in [0.1, 0.15) is 5.75 Å². The second-order valence-corrected chi connectivity index (χ2v) is 9.00. The average Bonchev–Trinajstić information content (AvgIpc) is 3.54. The summed E-state index contributed by atoms with van der Waals surface area (Å²) in [6.07, 6.45) is 1.87. The van der Waals surface area contributed by atoms with Crippen molar-refractivity contribution in [2.45, 2.75) is 37.9 Å². The van der Waals surface area contributed by atoms with Crippen LogP contribution in [0.4, 0.5) is 5.69 Å². The lowest BCUT2D eigenvalue weighted by Gasteiger charge is -2.25. The molecule has 33 heavy (non-hydrogen) atoms. The Balaban J connectivity index is 1.43. The molecule has 1 aliphatic carbocycles. The number of imide groups is 1. The van der Waals surface area contributed by atoms with Gasteiger partial charge in [-0.05, 0) is 53.9 Å². The molecule has 10 heteroatoms. The van der Waals surface area contributed by atoms with Crippen molar-refractivity contribution in [2.24, 2.45) is 0 Å². The standard InChI is InChI=1S/C23H21BrN4O5/c1-32-18-10-8-17(9-11-18)28-20(23(31)33-25-28)13-26(15-6-7-15)19-12-21(29)27(22(19)30)16-4-2-14(24)3-5-16/h2-5,8-11,15,19H,6-7,12-13H2,1H3. The number of carbonyl (C=O) groups is 2. The van der Waals surface area contributed by atoms with Crippen LogP contribution in [0.1, 0.15) is 25.0 Å². The summed E-state index contributed by atoms with van der Waals surface area (Å²) in [5.41, 5.74) is 1.47. The lowest BCUT2D eigenvalue weighted by molar-refractivity contribution is -0.678. The summed E-state index contributed by atoms with van der Waals surface area (Å²) >= 11 is 3.37. The van der Waals surface area contributed by atoms with Crippen LogP contribution in [0.25, 0.3) is 5.69 Å². The van der Waals surface area contributed by atoms with Crippen molar-refractivity contribution in [3.05, 3.63) is 58.7 Å². The number of benzene rings is 2. The van der Waals surface area contributed by atoms with Gasteiger partial charge in [-0.2, -0.15) is 0 Å². The molecule has 0 bridgehead atoms. The first-order valence-corrected chi connectivity index (χ1v) is 11.4. The minimum absolute atomic E-state index is 0.0629. The Morgan fingerprint density at radius 1 is 1.18 bits per heavy atom. The molecular weight excluding hydrogens is 492 g/mol. The maximum Gasteiger partial charge on any atom is 0.254 e. The number of rotatable bonds is 7. The number of hydrogen-bond donors (Lipinski definition) is 0. The Kier molecular flexibility index (Phi) is 5.63. The van der Waals surface area contributed by atoms with Crippen molar-refractivity contribution in [3.8, 4) is 17.4 Å². The van der Waals surface area contributed by atoms with Gasteiger partial charge in [0.2, 0.25) is 11.6 Å². The molecule has 1 aromatic heterocycles. The number of methoxy groups -OCH3 is 1. The Hall–Kier alpha value is -3.24. The zero-order chi connectivity index (χ0) is 23.1. The lowest BCUT2D eigenvalue weighted by atomic mass is 10.2. The van der Waals surface area contributed by atoms with Gasteiger partial charge < -0.3 is 14.4 Å². The quantitative estimate of drug-likeness (QED) is 0.352. The van der Waals surface area contributed by atoms with Crippen LogP contribution in [-0.4, -0.2) is 41.2 Å². The zero-order valence-electron chi connectivity index (χ0n) is 17.8. The van der Waals surface area contributed by atoms with Crippen molar-refractivity contribution >= 4 is 33.4 Å². The second kappa shape index (κ2) is 8.60. The fourth-order valence-corrected chi connectivity index (χ4v) is 4.40. The summed E-state index contributed by atoms with van der Waals surface area (Å²) in [5.74, 6) is -0.435.